The van der Waals surface area contributed by atoms with Gasteiger partial charge >= 0.3 is 0 Å². The Hall–Kier alpha value is 0.230. The monoisotopic (exact) mass is 217 g/mol. The first kappa shape index (κ1) is 10.7. The third kappa shape index (κ3) is 2.42. The predicted molar refractivity (Wildman–Crippen MR) is 58.3 cm³/mol. The van der Waals surface area contributed by atoms with Crippen molar-refractivity contribution in [3.63, 3.8) is 0 Å². The third-order valence-corrected chi connectivity index (χ3v) is 3.92. The van der Waals surface area contributed by atoms with E-state index in [1.165, 1.54) is 0 Å². The third-order valence-electron chi connectivity index (χ3n) is 2.62. The fourth-order valence-electron chi connectivity index (χ4n) is 1.89. The number of hydrogen-bond donors (Lipinski definition) is 1. The Bertz CT molecular complexity index is 189. The van der Waals surface area contributed by atoms with E-state index in [1.807, 2.05) is 0 Å². The summed E-state index contributed by atoms with van der Waals surface area (Å²) >= 11 is 1.80. The van der Waals surface area contributed by atoms with Crippen molar-refractivity contribution < 1.29 is 9.47 Å². The normalized spacial score (nSPS) is 36.6. The molecule has 0 aromatic carbocycles. The van der Waals surface area contributed by atoms with Crippen molar-refractivity contribution in [2.75, 3.05) is 19.0 Å². The molecule has 0 amide bonds. The first-order valence-corrected chi connectivity index (χ1v) is 6.36. The molecule has 14 heavy (non-hydrogen) atoms. The van der Waals surface area contributed by atoms with E-state index in [1.54, 1.807) is 11.9 Å². The average molecular weight is 217 g/mol. The molecule has 3 nitrogen and oxygen atoms in total. The Morgan fingerprint density at radius 2 is 2.29 bits per heavy atom. The standard InChI is InChI=1S/C10H19NO2S/c1-7(2)6-14-11-8-5-13-9-3-4-12-10(8)9/h7-11H,3-6H2,1-2H3. The molecule has 0 spiro atoms. The van der Waals surface area contributed by atoms with Crippen LogP contribution in [0.25, 0.3) is 0 Å². The zero-order valence-corrected chi connectivity index (χ0v) is 9.68. The summed E-state index contributed by atoms with van der Waals surface area (Å²) in [6.45, 7) is 6.13. The van der Waals surface area contributed by atoms with E-state index in [0.29, 0.717) is 18.2 Å². The number of ether oxygens (including phenoxy) is 2. The molecule has 0 aliphatic carbocycles. The highest BCUT2D eigenvalue weighted by Gasteiger charge is 2.41. The minimum absolute atomic E-state index is 0.301. The molecule has 0 aromatic heterocycles. The van der Waals surface area contributed by atoms with E-state index in [0.717, 1.165) is 31.3 Å². The van der Waals surface area contributed by atoms with Gasteiger partial charge in [0.15, 0.2) is 0 Å². The van der Waals surface area contributed by atoms with E-state index >= 15 is 0 Å². The lowest BCUT2D eigenvalue weighted by Gasteiger charge is -2.17. The quantitative estimate of drug-likeness (QED) is 0.722. The Balaban J connectivity index is 1.71. The van der Waals surface area contributed by atoms with Gasteiger partial charge in [-0.1, -0.05) is 25.8 Å². The van der Waals surface area contributed by atoms with Crippen LogP contribution in [0.15, 0.2) is 0 Å². The maximum atomic E-state index is 5.65. The number of rotatable bonds is 4. The maximum absolute atomic E-state index is 5.65. The summed E-state index contributed by atoms with van der Waals surface area (Å²) in [5.41, 5.74) is 0. The van der Waals surface area contributed by atoms with Gasteiger partial charge in [0.1, 0.15) is 6.10 Å². The van der Waals surface area contributed by atoms with Crippen molar-refractivity contribution in [2.45, 2.75) is 38.5 Å². The number of hydrogen-bond acceptors (Lipinski definition) is 4. The van der Waals surface area contributed by atoms with Crippen LogP contribution in [0.4, 0.5) is 0 Å². The molecule has 2 rings (SSSR count). The molecule has 2 saturated heterocycles. The number of fused-ring (bicyclic) bond motifs is 1. The van der Waals surface area contributed by atoms with Crippen molar-refractivity contribution in [3.8, 4) is 0 Å². The summed E-state index contributed by atoms with van der Waals surface area (Å²) in [5, 5.41) is 0. The van der Waals surface area contributed by atoms with Gasteiger partial charge in [-0.3, -0.25) is 4.72 Å². The van der Waals surface area contributed by atoms with Gasteiger partial charge in [0.05, 0.1) is 18.8 Å². The lowest BCUT2D eigenvalue weighted by atomic mass is 10.1. The first-order chi connectivity index (χ1) is 6.77. The smallest absolute Gasteiger partial charge is 0.102 e. The summed E-state index contributed by atoms with van der Waals surface area (Å²) in [4.78, 5) is 0. The van der Waals surface area contributed by atoms with Crippen LogP contribution in [-0.2, 0) is 9.47 Å². The highest BCUT2D eigenvalue weighted by molar-refractivity contribution is 7.97. The van der Waals surface area contributed by atoms with Crippen molar-refractivity contribution in [1.29, 1.82) is 0 Å². The van der Waals surface area contributed by atoms with Gasteiger partial charge < -0.3 is 9.47 Å². The van der Waals surface area contributed by atoms with Crippen LogP contribution in [0.1, 0.15) is 20.3 Å². The molecular weight excluding hydrogens is 198 g/mol. The molecule has 0 saturated carbocycles. The Morgan fingerprint density at radius 1 is 1.43 bits per heavy atom. The topological polar surface area (TPSA) is 30.5 Å². The van der Waals surface area contributed by atoms with Gasteiger partial charge in [-0.05, 0) is 12.3 Å². The zero-order chi connectivity index (χ0) is 9.97. The van der Waals surface area contributed by atoms with Gasteiger partial charge in [-0.25, -0.2) is 0 Å². The van der Waals surface area contributed by atoms with Gasteiger partial charge in [0.25, 0.3) is 0 Å². The minimum atomic E-state index is 0.301. The van der Waals surface area contributed by atoms with Crippen LogP contribution < -0.4 is 4.72 Å². The van der Waals surface area contributed by atoms with Gasteiger partial charge in [-0.15, -0.1) is 0 Å². The van der Waals surface area contributed by atoms with Gasteiger partial charge in [-0.2, -0.15) is 0 Å². The molecule has 2 fully saturated rings. The van der Waals surface area contributed by atoms with E-state index in [4.69, 9.17) is 9.47 Å². The molecule has 82 valence electrons. The van der Waals surface area contributed by atoms with Crippen LogP contribution in [0.5, 0.6) is 0 Å². The molecule has 4 heteroatoms. The lowest BCUT2D eigenvalue weighted by molar-refractivity contribution is 0.0701. The molecule has 2 heterocycles. The maximum Gasteiger partial charge on any atom is 0.102 e. The Morgan fingerprint density at radius 3 is 3.07 bits per heavy atom. The second kappa shape index (κ2) is 4.84. The molecule has 1 N–H and O–H groups in total. The molecule has 2 aliphatic heterocycles. The largest absolute Gasteiger partial charge is 0.374 e. The highest BCUT2D eigenvalue weighted by atomic mass is 32.2. The van der Waals surface area contributed by atoms with Crippen molar-refractivity contribution in [3.05, 3.63) is 0 Å². The second-order valence-electron chi connectivity index (χ2n) is 4.43. The minimum Gasteiger partial charge on any atom is -0.374 e. The molecule has 3 atom stereocenters. The second-order valence-corrected chi connectivity index (χ2v) is 5.28. The van der Waals surface area contributed by atoms with Gasteiger partial charge in [0.2, 0.25) is 0 Å². The highest BCUT2D eigenvalue weighted by Crippen LogP contribution is 2.27. The molecule has 2 aliphatic rings. The summed E-state index contributed by atoms with van der Waals surface area (Å²) in [6.07, 6.45) is 1.72. The molecule has 3 unspecified atom stereocenters. The summed E-state index contributed by atoms with van der Waals surface area (Å²) in [7, 11) is 0. The average Bonchev–Trinajstić information content (AvgIpc) is 2.67. The summed E-state index contributed by atoms with van der Waals surface area (Å²) in [6, 6.07) is 0.395. The van der Waals surface area contributed by atoms with Crippen LogP contribution in [-0.4, -0.2) is 37.2 Å². The Kier molecular flexibility index (Phi) is 3.71. The van der Waals surface area contributed by atoms with E-state index in [9.17, 15) is 0 Å². The molecule has 0 bridgehead atoms. The van der Waals surface area contributed by atoms with E-state index < -0.39 is 0 Å². The van der Waals surface area contributed by atoms with Crippen LogP contribution in [0, 0.1) is 5.92 Å². The van der Waals surface area contributed by atoms with Crippen molar-refractivity contribution in [2.24, 2.45) is 5.92 Å². The van der Waals surface area contributed by atoms with Crippen LogP contribution in [0.2, 0.25) is 0 Å². The first-order valence-electron chi connectivity index (χ1n) is 5.38. The molecule has 0 radical (unpaired) electrons. The van der Waals surface area contributed by atoms with Gasteiger partial charge in [0, 0.05) is 12.4 Å². The predicted octanol–water partition coefficient (Wildman–Crippen LogP) is 1.44. The zero-order valence-electron chi connectivity index (χ0n) is 8.86. The van der Waals surface area contributed by atoms with Crippen molar-refractivity contribution in [1.82, 2.24) is 4.72 Å². The van der Waals surface area contributed by atoms with E-state index in [2.05, 4.69) is 18.6 Å². The lowest BCUT2D eigenvalue weighted by Crippen LogP contribution is -2.37. The summed E-state index contributed by atoms with van der Waals surface area (Å²) in [5.74, 6) is 1.88. The van der Waals surface area contributed by atoms with Crippen LogP contribution in [0.3, 0.4) is 0 Å². The number of nitrogens with one attached hydrogen (secondary N) is 1. The fraction of sp³-hybridized carbons (Fsp3) is 1.00. The van der Waals surface area contributed by atoms with Crippen LogP contribution >= 0.6 is 11.9 Å². The fourth-order valence-corrected chi connectivity index (χ4v) is 2.74. The van der Waals surface area contributed by atoms with Crippen molar-refractivity contribution >= 4 is 11.9 Å². The SMILES string of the molecule is CC(C)CSNC1COC2CCOC12. The molecular formula is C10H19NO2S. The summed E-state index contributed by atoms with van der Waals surface area (Å²) < 4.78 is 14.7. The molecule has 0 aromatic rings. The van der Waals surface area contributed by atoms with E-state index in [-0.39, 0.29) is 0 Å². The Labute approximate surface area is 90.0 Å².